The summed E-state index contributed by atoms with van der Waals surface area (Å²) < 4.78 is 14.8. The molecule has 1 aromatic carbocycles. The van der Waals surface area contributed by atoms with Gasteiger partial charge in [0.1, 0.15) is 11.5 Å². The van der Waals surface area contributed by atoms with Crippen LogP contribution >= 0.6 is 11.6 Å². The van der Waals surface area contributed by atoms with Crippen molar-refractivity contribution in [1.29, 1.82) is 0 Å². The van der Waals surface area contributed by atoms with Crippen molar-refractivity contribution in [3.63, 3.8) is 0 Å². The van der Waals surface area contributed by atoms with Crippen LogP contribution in [-0.4, -0.2) is 19.4 Å². The van der Waals surface area contributed by atoms with E-state index in [1.54, 1.807) is 19.2 Å². The Morgan fingerprint density at radius 1 is 1.33 bits per heavy atom. The second-order valence-corrected chi connectivity index (χ2v) is 5.15. The van der Waals surface area contributed by atoms with E-state index in [0.29, 0.717) is 33.1 Å². The van der Waals surface area contributed by atoms with Gasteiger partial charge in [-0.2, -0.15) is 0 Å². The highest BCUT2D eigenvalue weighted by Crippen LogP contribution is 2.22. The maximum atomic E-state index is 13.6. The van der Waals surface area contributed by atoms with Crippen LogP contribution in [0.1, 0.15) is 5.56 Å². The van der Waals surface area contributed by atoms with E-state index in [4.69, 9.17) is 11.6 Å². The Bertz CT molecular complexity index is 1100. The standard InChI is InChI=1S/C14H8ClFN4O/c1-6-4-7(16)5-9-10(6)13(21)20-12(18-9)8-2-3-17-11(8)19-14(20)15/h2-5,17H,1H3. The van der Waals surface area contributed by atoms with Gasteiger partial charge in [-0.1, -0.05) is 0 Å². The zero-order valence-corrected chi connectivity index (χ0v) is 11.6. The van der Waals surface area contributed by atoms with Crippen molar-refractivity contribution in [3.05, 3.63) is 51.4 Å². The molecule has 0 spiro atoms. The van der Waals surface area contributed by atoms with Crippen LogP contribution in [0.4, 0.5) is 4.39 Å². The molecule has 4 rings (SSSR count). The van der Waals surface area contributed by atoms with Gasteiger partial charge in [0, 0.05) is 12.3 Å². The van der Waals surface area contributed by atoms with Crippen LogP contribution < -0.4 is 5.56 Å². The van der Waals surface area contributed by atoms with Gasteiger partial charge in [-0.25, -0.2) is 18.8 Å². The zero-order valence-electron chi connectivity index (χ0n) is 10.8. The maximum absolute atomic E-state index is 13.6. The van der Waals surface area contributed by atoms with Crippen LogP contribution in [0.5, 0.6) is 0 Å². The topological polar surface area (TPSA) is 63.1 Å². The number of aromatic amines is 1. The molecule has 0 aliphatic heterocycles. The summed E-state index contributed by atoms with van der Waals surface area (Å²) in [4.78, 5) is 24.1. The SMILES string of the molecule is Cc1cc(F)cc2nc3c4cc[nH]c4nc(Cl)n3c(=O)c12. The molecule has 4 aromatic rings. The molecule has 0 saturated carbocycles. The molecule has 0 bridgehead atoms. The summed E-state index contributed by atoms with van der Waals surface area (Å²) in [5, 5.41) is 1.01. The molecule has 0 amide bonds. The highest BCUT2D eigenvalue weighted by Gasteiger charge is 2.15. The van der Waals surface area contributed by atoms with Gasteiger partial charge >= 0.3 is 0 Å². The van der Waals surface area contributed by atoms with Crippen LogP contribution in [0, 0.1) is 12.7 Å². The lowest BCUT2D eigenvalue weighted by Gasteiger charge is -2.07. The number of benzene rings is 1. The lowest BCUT2D eigenvalue weighted by molar-refractivity contribution is 0.628. The normalized spacial score (nSPS) is 11.8. The van der Waals surface area contributed by atoms with Gasteiger partial charge in [-0.15, -0.1) is 0 Å². The van der Waals surface area contributed by atoms with E-state index in [1.165, 1.54) is 16.5 Å². The molecule has 7 heteroatoms. The average Bonchev–Trinajstić information content (AvgIpc) is 2.85. The summed E-state index contributed by atoms with van der Waals surface area (Å²) in [5.41, 5.74) is 1.35. The summed E-state index contributed by atoms with van der Waals surface area (Å²) in [6.07, 6.45) is 1.68. The smallest absolute Gasteiger partial charge is 0.268 e. The molecule has 3 heterocycles. The number of aromatic nitrogens is 4. The first kappa shape index (κ1) is 12.3. The fourth-order valence-electron chi connectivity index (χ4n) is 2.59. The Hall–Kier alpha value is -2.47. The molecule has 0 fully saturated rings. The Balaban J connectivity index is 2.39. The number of fused-ring (bicyclic) bond motifs is 4. The lowest BCUT2D eigenvalue weighted by atomic mass is 10.1. The first-order valence-electron chi connectivity index (χ1n) is 6.21. The summed E-state index contributed by atoms with van der Waals surface area (Å²) >= 11 is 6.10. The molecule has 0 aliphatic carbocycles. The van der Waals surface area contributed by atoms with Gasteiger partial charge in [-0.05, 0) is 36.2 Å². The van der Waals surface area contributed by atoms with Crippen molar-refractivity contribution < 1.29 is 4.39 Å². The highest BCUT2D eigenvalue weighted by molar-refractivity contribution is 6.29. The van der Waals surface area contributed by atoms with Crippen molar-refractivity contribution in [2.45, 2.75) is 6.92 Å². The van der Waals surface area contributed by atoms with Gasteiger partial charge < -0.3 is 4.98 Å². The minimum atomic E-state index is -0.429. The number of aryl methyl sites for hydroxylation is 1. The van der Waals surface area contributed by atoms with Crippen LogP contribution in [0.25, 0.3) is 27.6 Å². The van der Waals surface area contributed by atoms with E-state index < -0.39 is 5.82 Å². The van der Waals surface area contributed by atoms with Gasteiger partial charge in [0.2, 0.25) is 5.28 Å². The van der Waals surface area contributed by atoms with E-state index in [2.05, 4.69) is 15.0 Å². The number of rotatable bonds is 0. The third-order valence-electron chi connectivity index (χ3n) is 3.49. The van der Waals surface area contributed by atoms with Crippen LogP contribution in [-0.2, 0) is 0 Å². The summed E-state index contributed by atoms with van der Waals surface area (Å²) in [5.74, 6) is -0.429. The average molecular weight is 303 g/mol. The number of halogens is 2. The van der Waals surface area contributed by atoms with Crippen LogP contribution in [0.2, 0.25) is 5.28 Å². The first-order valence-corrected chi connectivity index (χ1v) is 6.59. The highest BCUT2D eigenvalue weighted by atomic mass is 35.5. The van der Waals surface area contributed by atoms with E-state index in [0.717, 1.165) is 0 Å². The van der Waals surface area contributed by atoms with Crippen LogP contribution in [0.3, 0.4) is 0 Å². The number of hydrogen-bond acceptors (Lipinski definition) is 3. The van der Waals surface area contributed by atoms with Gasteiger partial charge in [0.15, 0.2) is 5.65 Å². The summed E-state index contributed by atoms with van der Waals surface area (Å²) in [7, 11) is 0. The molecule has 1 N–H and O–H groups in total. The van der Waals surface area contributed by atoms with E-state index in [-0.39, 0.29) is 10.8 Å². The van der Waals surface area contributed by atoms with Gasteiger partial charge in [0.05, 0.1) is 16.3 Å². The van der Waals surface area contributed by atoms with Crippen molar-refractivity contribution in [1.82, 2.24) is 19.4 Å². The molecule has 0 radical (unpaired) electrons. The molecule has 0 saturated heterocycles. The second-order valence-electron chi connectivity index (χ2n) is 4.81. The zero-order chi connectivity index (χ0) is 14.7. The Morgan fingerprint density at radius 3 is 2.95 bits per heavy atom. The second kappa shape index (κ2) is 4.02. The van der Waals surface area contributed by atoms with Gasteiger partial charge in [-0.3, -0.25) is 4.79 Å². The minimum absolute atomic E-state index is 0.0167. The lowest BCUT2D eigenvalue weighted by Crippen LogP contribution is -2.18. The van der Waals surface area contributed by atoms with E-state index in [9.17, 15) is 9.18 Å². The molecule has 5 nitrogen and oxygen atoms in total. The number of nitrogens with zero attached hydrogens (tertiary/aromatic N) is 3. The summed E-state index contributed by atoms with van der Waals surface area (Å²) in [6.45, 7) is 1.66. The van der Waals surface area contributed by atoms with Crippen LogP contribution in [0.15, 0.2) is 29.2 Å². The van der Waals surface area contributed by atoms with Crippen molar-refractivity contribution >= 4 is 39.2 Å². The Labute approximate surface area is 122 Å². The Morgan fingerprint density at radius 2 is 2.14 bits per heavy atom. The van der Waals surface area contributed by atoms with E-state index in [1.807, 2.05) is 0 Å². The minimum Gasteiger partial charge on any atom is -0.346 e. The number of hydrogen-bond donors (Lipinski definition) is 1. The predicted molar refractivity (Wildman–Crippen MR) is 78.3 cm³/mol. The van der Waals surface area contributed by atoms with Crippen molar-refractivity contribution in [3.8, 4) is 0 Å². The maximum Gasteiger partial charge on any atom is 0.268 e. The molecular formula is C14H8ClFN4O. The fraction of sp³-hybridized carbons (Fsp3) is 0.0714. The van der Waals surface area contributed by atoms with Gasteiger partial charge in [0.25, 0.3) is 5.56 Å². The molecule has 21 heavy (non-hydrogen) atoms. The molecule has 0 unspecified atom stereocenters. The summed E-state index contributed by atoms with van der Waals surface area (Å²) in [6, 6.07) is 4.29. The monoisotopic (exact) mass is 302 g/mol. The molecular weight excluding hydrogens is 295 g/mol. The predicted octanol–water partition coefficient (Wildman–Crippen LogP) is 2.82. The first-order chi connectivity index (χ1) is 10.1. The van der Waals surface area contributed by atoms with Crippen molar-refractivity contribution in [2.24, 2.45) is 0 Å². The van der Waals surface area contributed by atoms with E-state index >= 15 is 0 Å². The van der Waals surface area contributed by atoms with Crippen molar-refractivity contribution in [2.75, 3.05) is 0 Å². The molecule has 3 aromatic heterocycles. The molecule has 104 valence electrons. The third-order valence-corrected chi connectivity index (χ3v) is 3.74. The number of H-pyrrole nitrogens is 1. The molecule has 0 aliphatic rings. The Kier molecular flexibility index (Phi) is 2.35. The fourth-order valence-corrected chi connectivity index (χ4v) is 2.83. The quantitative estimate of drug-likeness (QED) is 0.401. The number of nitrogens with one attached hydrogen (secondary N) is 1. The third kappa shape index (κ3) is 1.59. The largest absolute Gasteiger partial charge is 0.346 e. The molecule has 0 atom stereocenters.